The lowest BCUT2D eigenvalue weighted by Gasteiger charge is -2.23. The van der Waals surface area contributed by atoms with E-state index in [0.717, 1.165) is 5.69 Å². The highest BCUT2D eigenvalue weighted by Crippen LogP contribution is 2.24. The van der Waals surface area contributed by atoms with E-state index in [1.807, 2.05) is 11.8 Å². The van der Waals surface area contributed by atoms with Gasteiger partial charge in [0.2, 0.25) is 0 Å². The Morgan fingerprint density at radius 3 is 2.64 bits per heavy atom. The summed E-state index contributed by atoms with van der Waals surface area (Å²) in [6.45, 7) is 7.40. The fraction of sp³-hybridized carbons (Fsp3) is 0.600. The van der Waals surface area contributed by atoms with Crippen LogP contribution in [-0.4, -0.2) is 52.5 Å². The number of carboxylic acids is 1. The van der Waals surface area contributed by atoms with Crippen LogP contribution < -0.4 is 5.32 Å². The first-order valence-electron chi connectivity index (χ1n) is 7.27. The fourth-order valence-electron chi connectivity index (χ4n) is 3.01. The predicted molar refractivity (Wildman–Crippen MR) is 86.4 cm³/mol. The molecule has 1 amide bonds. The van der Waals surface area contributed by atoms with Crippen molar-refractivity contribution in [1.29, 1.82) is 0 Å². The van der Waals surface area contributed by atoms with E-state index < -0.39 is 5.97 Å². The van der Waals surface area contributed by atoms with Crippen molar-refractivity contribution in [3.8, 4) is 0 Å². The molecule has 1 aromatic rings. The van der Waals surface area contributed by atoms with Crippen molar-refractivity contribution < 1.29 is 14.7 Å². The van der Waals surface area contributed by atoms with Crippen LogP contribution in [0.15, 0.2) is 12.3 Å². The molecule has 1 saturated heterocycles. The van der Waals surface area contributed by atoms with Gasteiger partial charge in [-0.15, -0.1) is 12.4 Å². The average molecular weight is 330 g/mol. The minimum absolute atomic E-state index is 0. The number of H-pyrrole nitrogens is 1. The molecule has 2 rings (SSSR count). The number of aromatic amines is 1. The van der Waals surface area contributed by atoms with Crippen molar-refractivity contribution in [3.05, 3.63) is 23.5 Å². The highest BCUT2D eigenvalue weighted by Gasteiger charge is 2.36. The molecule has 0 unspecified atom stereocenters. The molecule has 1 aliphatic heterocycles. The standard InChI is InChI=1S/C15H23N3O3.ClH/c1-9(2)12-6-18(8-14(19)20)7-13(12)17-15(21)11-4-5-16-10(11)3;/h4-5,9,12-13,16H,6-8H2,1-3H3,(H,17,21)(H,19,20);1H/t12-,13+;/m1./s1. The van der Waals surface area contributed by atoms with Crippen molar-refractivity contribution in [2.45, 2.75) is 26.8 Å². The minimum Gasteiger partial charge on any atom is -0.480 e. The Hall–Kier alpha value is -1.53. The van der Waals surface area contributed by atoms with Crippen LogP contribution in [0.2, 0.25) is 0 Å². The van der Waals surface area contributed by atoms with Gasteiger partial charge in [0.1, 0.15) is 0 Å². The molecule has 0 aliphatic carbocycles. The summed E-state index contributed by atoms with van der Waals surface area (Å²) in [5, 5.41) is 12.0. The van der Waals surface area contributed by atoms with Gasteiger partial charge in [-0.3, -0.25) is 14.5 Å². The third-order valence-electron chi connectivity index (χ3n) is 4.17. The summed E-state index contributed by atoms with van der Waals surface area (Å²) >= 11 is 0. The number of nitrogens with one attached hydrogen (secondary N) is 2. The minimum atomic E-state index is -0.828. The van der Waals surface area contributed by atoms with E-state index in [9.17, 15) is 9.59 Å². The first kappa shape index (κ1) is 18.5. The first-order valence-corrected chi connectivity index (χ1v) is 7.27. The number of amides is 1. The third kappa shape index (κ3) is 4.24. The predicted octanol–water partition coefficient (Wildman–Crippen LogP) is 1.52. The quantitative estimate of drug-likeness (QED) is 0.764. The Labute approximate surface area is 136 Å². The van der Waals surface area contributed by atoms with Gasteiger partial charge in [-0.25, -0.2) is 0 Å². The van der Waals surface area contributed by atoms with Gasteiger partial charge in [-0.05, 0) is 24.8 Å². The zero-order valence-electron chi connectivity index (χ0n) is 13.1. The van der Waals surface area contributed by atoms with Crippen LogP contribution in [0.3, 0.4) is 0 Å². The molecule has 22 heavy (non-hydrogen) atoms. The Bertz CT molecular complexity index is 530. The summed E-state index contributed by atoms with van der Waals surface area (Å²) in [7, 11) is 0. The molecule has 0 aromatic carbocycles. The second-order valence-electron chi connectivity index (χ2n) is 6.09. The summed E-state index contributed by atoms with van der Waals surface area (Å²) in [5.74, 6) is -0.262. The number of aromatic nitrogens is 1. The molecule has 0 saturated carbocycles. The molecule has 1 aromatic heterocycles. The molecule has 2 atom stereocenters. The van der Waals surface area contributed by atoms with Gasteiger partial charge in [0.15, 0.2) is 0 Å². The van der Waals surface area contributed by atoms with Gasteiger partial charge < -0.3 is 15.4 Å². The van der Waals surface area contributed by atoms with Crippen molar-refractivity contribution in [3.63, 3.8) is 0 Å². The zero-order valence-corrected chi connectivity index (χ0v) is 13.9. The number of carboxylic acid groups (broad SMARTS) is 1. The molecule has 3 N–H and O–H groups in total. The van der Waals surface area contributed by atoms with Crippen molar-refractivity contribution >= 4 is 24.3 Å². The Morgan fingerprint density at radius 2 is 2.14 bits per heavy atom. The van der Waals surface area contributed by atoms with Crippen molar-refractivity contribution in [1.82, 2.24) is 15.2 Å². The van der Waals surface area contributed by atoms with Crippen LogP contribution in [0.1, 0.15) is 29.9 Å². The van der Waals surface area contributed by atoms with Crippen LogP contribution >= 0.6 is 12.4 Å². The topological polar surface area (TPSA) is 85.4 Å². The monoisotopic (exact) mass is 329 g/mol. The highest BCUT2D eigenvalue weighted by molar-refractivity contribution is 5.95. The number of hydrogen-bond donors (Lipinski definition) is 3. The van der Waals surface area contributed by atoms with Gasteiger partial charge in [0, 0.05) is 31.0 Å². The molecular formula is C15H24ClN3O3. The number of carbonyl (C=O) groups is 2. The molecule has 0 bridgehead atoms. The number of carbonyl (C=O) groups excluding carboxylic acids is 1. The van der Waals surface area contributed by atoms with Gasteiger partial charge in [0.25, 0.3) is 5.91 Å². The summed E-state index contributed by atoms with van der Waals surface area (Å²) in [6, 6.07) is 1.75. The maximum Gasteiger partial charge on any atom is 0.317 e. The molecule has 6 nitrogen and oxygen atoms in total. The average Bonchev–Trinajstić information content (AvgIpc) is 2.95. The number of rotatable bonds is 5. The zero-order chi connectivity index (χ0) is 15.6. The Morgan fingerprint density at radius 1 is 1.45 bits per heavy atom. The lowest BCUT2D eigenvalue weighted by Crippen LogP contribution is -2.42. The van der Waals surface area contributed by atoms with Crippen LogP contribution in [-0.2, 0) is 4.79 Å². The van der Waals surface area contributed by atoms with Crippen LogP contribution in [0, 0.1) is 18.8 Å². The van der Waals surface area contributed by atoms with E-state index in [1.165, 1.54) is 0 Å². The van der Waals surface area contributed by atoms with Gasteiger partial charge in [-0.1, -0.05) is 13.8 Å². The normalized spacial score (nSPS) is 21.6. The van der Waals surface area contributed by atoms with Gasteiger partial charge >= 0.3 is 5.97 Å². The van der Waals surface area contributed by atoms with Gasteiger partial charge in [-0.2, -0.15) is 0 Å². The van der Waals surface area contributed by atoms with Gasteiger partial charge in [0.05, 0.1) is 12.1 Å². The van der Waals surface area contributed by atoms with Crippen LogP contribution in [0.5, 0.6) is 0 Å². The Balaban J connectivity index is 0.00000242. The largest absolute Gasteiger partial charge is 0.480 e. The first-order chi connectivity index (χ1) is 9.88. The molecule has 7 heteroatoms. The van der Waals surface area contributed by atoms with Crippen LogP contribution in [0.25, 0.3) is 0 Å². The van der Waals surface area contributed by atoms with Crippen molar-refractivity contribution in [2.24, 2.45) is 11.8 Å². The summed E-state index contributed by atoms with van der Waals surface area (Å²) in [6.07, 6.45) is 1.75. The van der Waals surface area contributed by atoms with Crippen molar-refractivity contribution in [2.75, 3.05) is 19.6 Å². The molecule has 124 valence electrons. The van der Waals surface area contributed by atoms with E-state index in [0.29, 0.717) is 24.6 Å². The molecule has 2 heterocycles. The number of halogens is 1. The molecule has 1 aliphatic rings. The summed E-state index contributed by atoms with van der Waals surface area (Å²) in [4.78, 5) is 28.1. The smallest absolute Gasteiger partial charge is 0.317 e. The number of aryl methyl sites for hydroxylation is 1. The lowest BCUT2D eigenvalue weighted by molar-refractivity contribution is -0.138. The van der Waals surface area contributed by atoms with Crippen LogP contribution in [0.4, 0.5) is 0 Å². The maximum absolute atomic E-state index is 12.3. The number of aliphatic carboxylic acids is 1. The SMILES string of the molecule is Cc1[nH]ccc1C(=O)N[C@H]1CN(CC(=O)O)C[C@@H]1C(C)C.Cl. The second-order valence-corrected chi connectivity index (χ2v) is 6.09. The van der Waals surface area contributed by atoms with E-state index in [-0.39, 0.29) is 36.8 Å². The molecule has 0 spiro atoms. The highest BCUT2D eigenvalue weighted by atomic mass is 35.5. The lowest BCUT2D eigenvalue weighted by atomic mass is 9.91. The number of likely N-dealkylation sites (tertiary alicyclic amines) is 1. The second kappa shape index (κ2) is 7.65. The van der Waals surface area contributed by atoms with E-state index in [4.69, 9.17) is 5.11 Å². The fourth-order valence-corrected chi connectivity index (χ4v) is 3.01. The molecule has 1 fully saturated rings. The number of hydrogen-bond acceptors (Lipinski definition) is 3. The number of nitrogens with zero attached hydrogens (tertiary/aromatic N) is 1. The summed E-state index contributed by atoms with van der Waals surface area (Å²) in [5.41, 5.74) is 1.49. The third-order valence-corrected chi connectivity index (χ3v) is 4.17. The maximum atomic E-state index is 12.3. The molecule has 0 radical (unpaired) electrons. The van der Waals surface area contributed by atoms with E-state index >= 15 is 0 Å². The summed E-state index contributed by atoms with van der Waals surface area (Å²) < 4.78 is 0. The van der Waals surface area contributed by atoms with E-state index in [1.54, 1.807) is 12.3 Å². The Kier molecular flexibility index (Phi) is 6.44. The molecular weight excluding hydrogens is 306 g/mol. The van der Waals surface area contributed by atoms with E-state index in [2.05, 4.69) is 24.1 Å².